The molecule has 0 spiro atoms. The number of benzene rings is 1. The Morgan fingerprint density at radius 3 is 2.38 bits per heavy atom. The molecule has 1 aromatic heterocycles. The Labute approximate surface area is 144 Å². The minimum absolute atomic E-state index is 0.664. The molecule has 0 aliphatic heterocycles. The molecule has 0 saturated heterocycles. The van der Waals surface area contributed by atoms with Gasteiger partial charge in [0, 0.05) is 17.9 Å². The highest BCUT2D eigenvalue weighted by atomic mass is 16.5. The number of rotatable bonds is 6. The monoisotopic (exact) mass is 326 g/mol. The van der Waals surface area contributed by atoms with Crippen molar-refractivity contribution in [2.45, 2.75) is 27.2 Å². The summed E-state index contributed by atoms with van der Waals surface area (Å²) >= 11 is 0. The van der Waals surface area contributed by atoms with Gasteiger partial charge in [0.1, 0.15) is 6.33 Å². The quantitative estimate of drug-likeness (QED) is 0.708. The smallest absolute Gasteiger partial charge is 0.162 e. The number of hydrogen-bond donors (Lipinski definition) is 0. The first-order chi connectivity index (χ1) is 11.7. The zero-order chi connectivity index (χ0) is 17.9. The van der Waals surface area contributed by atoms with E-state index in [0.29, 0.717) is 11.5 Å². The van der Waals surface area contributed by atoms with Gasteiger partial charge in [-0.3, -0.25) is 0 Å². The van der Waals surface area contributed by atoms with Crippen LogP contribution in [-0.2, 0) is 6.42 Å². The minimum Gasteiger partial charge on any atom is -0.493 e. The fourth-order valence-electron chi connectivity index (χ4n) is 2.22. The first-order valence-corrected chi connectivity index (χ1v) is 8.03. The fraction of sp³-hybridized carbons (Fsp3) is 0.300. The summed E-state index contributed by atoms with van der Waals surface area (Å²) in [6.07, 6.45) is 10.1. The van der Waals surface area contributed by atoms with Gasteiger partial charge in [-0.25, -0.2) is 9.97 Å². The number of ether oxygens (including phenoxy) is 2. The molecule has 0 bridgehead atoms. The number of nitrogens with zero attached hydrogens (tertiary/aromatic N) is 2. The SMILES string of the molecule is C=C/C=C\C(=C/C)Cc1ncnc2cc(OC)c(OC)cc12.CC. The lowest BCUT2D eigenvalue weighted by molar-refractivity contribution is 0.355. The Morgan fingerprint density at radius 1 is 1.12 bits per heavy atom. The van der Waals surface area contributed by atoms with Crippen molar-refractivity contribution in [3.05, 3.63) is 60.6 Å². The normalized spacial score (nSPS) is 11.1. The summed E-state index contributed by atoms with van der Waals surface area (Å²) in [5, 5.41) is 0.964. The molecule has 0 saturated carbocycles. The molecule has 2 rings (SSSR count). The van der Waals surface area contributed by atoms with E-state index in [1.807, 2.05) is 45.1 Å². The third-order valence-corrected chi connectivity index (χ3v) is 3.41. The molecule has 4 heteroatoms. The molecule has 0 N–H and O–H groups in total. The van der Waals surface area contributed by atoms with Crippen molar-refractivity contribution in [3.63, 3.8) is 0 Å². The molecule has 0 aliphatic rings. The molecule has 0 radical (unpaired) electrons. The van der Waals surface area contributed by atoms with Gasteiger partial charge in [0.15, 0.2) is 11.5 Å². The van der Waals surface area contributed by atoms with Gasteiger partial charge in [-0.2, -0.15) is 0 Å². The van der Waals surface area contributed by atoms with E-state index in [9.17, 15) is 0 Å². The van der Waals surface area contributed by atoms with Crippen molar-refractivity contribution in [2.75, 3.05) is 14.2 Å². The topological polar surface area (TPSA) is 44.2 Å². The van der Waals surface area contributed by atoms with Gasteiger partial charge in [0.2, 0.25) is 0 Å². The molecule has 128 valence electrons. The Hall–Kier alpha value is -2.62. The van der Waals surface area contributed by atoms with Crippen LogP contribution in [-0.4, -0.2) is 24.2 Å². The number of methoxy groups -OCH3 is 2. The average Bonchev–Trinajstić information content (AvgIpc) is 2.65. The van der Waals surface area contributed by atoms with Crippen LogP contribution in [0.2, 0.25) is 0 Å². The maximum atomic E-state index is 5.37. The van der Waals surface area contributed by atoms with E-state index in [-0.39, 0.29) is 0 Å². The summed E-state index contributed by atoms with van der Waals surface area (Å²) < 4.78 is 10.7. The van der Waals surface area contributed by atoms with Crippen LogP contribution in [0.5, 0.6) is 11.5 Å². The zero-order valence-electron chi connectivity index (χ0n) is 15.2. The van der Waals surface area contributed by atoms with Gasteiger partial charge in [-0.15, -0.1) is 0 Å². The summed E-state index contributed by atoms with van der Waals surface area (Å²) in [5.74, 6) is 1.34. The van der Waals surface area contributed by atoms with Crippen LogP contribution in [0.3, 0.4) is 0 Å². The second-order valence-electron chi connectivity index (χ2n) is 4.68. The van der Waals surface area contributed by atoms with Crippen molar-refractivity contribution in [2.24, 2.45) is 0 Å². The molecule has 0 amide bonds. The number of hydrogen-bond acceptors (Lipinski definition) is 4. The van der Waals surface area contributed by atoms with Crippen molar-refractivity contribution in [1.82, 2.24) is 9.97 Å². The molecule has 0 aliphatic carbocycles. The summed E-state index contributed by atoms with van der Waals surface area (Å²) in [6, 6.07) is 3.79. The lowest BCUT2D eigenvalue weighted by Crippen LogP contribution is -1.98. The lowest BCUT2D eigenvalue weighted by Gasteiger charge is -2.11. The molecule has 4 nitrogen and oxygen atoms in total. The third-order valence-electron chi connectivity index (χ3n) is 3.41. The van der Waals surface area contributed by atoms with E-state index in [4.69, 9.17) is 9.47 Å². The van der Waals surface area contributed by atoms with E-state index >= 15 is 0 Å². The molecule has 1 aromatic carbocycles. The van der Waals surface area contributed by atoms with Gasteiger partial charge >= 0.3 is 0 Å². The molecule has 0 unspecified atom stereocenters. The summed E-state index contributed by atoms with van der Waals surface area (Å²) in [4.78, 5) is 8.75. The maximum absolute atomic E-state index is 5.37. The Balaban J connectivity index is 0.00000139. The summed E-state index contributed by atoms with van der Waals surface area (Å²) in [7, 11) is 3.24. The summed E-state index contributed by atoms with van der Waals surface area (Å²) in [6.45, 7) is 9.71. The molecule has 0 fully saturated rings. The maximum Gasteiger partial charge on any atom is 0.162 e. The van der Waals surface area contributed by atoms with Crippen LogP contribution in [0, 0.1) is 0 Å². The predicted molar refractivity (Wildman–Crippen MR) is 101 cm³/mol. The van der Waals surface area contributed by atoms with Crippen LogP contribution in [0.4, 0.5) is 0 Å². The van der Waals surface area contributed by atoms with E-state index in [0.717, 1.165) is 28.6 Å². The van der Waals surface area contributed by atoms with Gasteiger partial charge in [-0.05, 0) is 18.6 Å². The second-order valence-corrected chi connectivity index (χ2v) is 4.68. The minimum atomic E-state index is 0.664. The molecule has 2 aromatic rings. The Bertz CT molecular complexity index is 734. The lowest BCUT2D eigenvalue weighted by atomic mass is 10.0. The Kier molecular flexibility index (Phi) is 8.26. The summed E-state index contributed by atoms with van der Waals surface area (Å²) in [5.41, 5.74) is 2.95. The molecule has 1 heterocycles. The standard InChI is InChI=1S/C18H20N2O2.C2H6/c1-5-7-8-13(6-2)9-15-14-10-17(21-3)18(22-4)11-16(14)20-12-19-15;1-2/h5-8,10-12H,1,9H2,2-4H3;1-2H3/b8-7-,13-6+;. The van der Waals surface area contributed by atoms with Gasteiger partial charge in [0.05, 0.1) is 25.4 Å². The predicted octanol–water partition coefficient (Wildman–Crippen LogP) is 4.90. The fourth-order valence-corrected chi connectivity index (χ4v) is 2.22. The zero-order valence-corrected chi connectivity index (χ0v) is 15.2. The molecular weight excluding hydrogens is 300 g/mol. The largest absolute Gasteiger partial charge is 0.493 e. The van der Waals surface area contributed by atoms with Crippen LogP contribution in [0.1, 0.15) is 26.5 Å². The highest BCUT2D eigenvalue weighted by Crippen LogP contribution is 2.32. The van der Waals surface area contributed by atoms with Crippen molar-refractivity contribution in [1.29, 1.82) is 0 Å². The number of allylic oxidation sites excluding steroid dienone is 5. The van der Waals surface area contributed by atoms with E-state index in [1.165, 1.54) is 0 Å². The van der Waals surface area contributed by atoms with E-state index in [2.05, 4.69) is 22.6 Å². The van der Waals surface area contributed by atoms with Crippen LogP contribution in [0.25, 0.3) is 10.9 Å². The van der Waals surface area contributed by atoms with Gasteiger partial charge in [0.25, 0.3) is 0 Å². The van der Waals surface area contributed by atoms with E-state index in [1.54, 1.807) is 26.6 Å². The molecular formula is C20H26N2O2. The van der Waals surface area contributed by atoms with Crippen molar-refractivity contribution < 1.29 is 9.47 Å². The third kappa shape index (κ3) is 4.69. The molecule has 0 atom stereocenters. The Morgan fingerprint density at radius 2 is 1.79 bits per heavy atom. The highest BCUT2D eigenvalue weighted by molar-refractivity contribution is 5.84. The van der Waals surface area contributed by atoms with Crippen LogP contribution >= 0.6 is 0 Å². The van der Waals surface area contributed by atoms with Crippen molar-refractivity contribution in [3.8, 4) is 11.5 Å². The number of aromatic nitrogens is 2. The average molecular weight is 326 g/mol. The van der Waals surface area contributed by atoms with E-state index < -0.39 is 0 Å². The van der Waals surface area contributed by atoms with Gasteiger partial charge in [-0.1, -0.05) is 44.7 Å². The van der Waals surface area contributed by atoms with Crippen molar-refractivity contribution >= 4 is 10.9 Å². The van der Waals surface area contributed by atoms with Crippen LogP contribution in [0.15, 0.2) is 54.9 Å². The molecule has 24 heavy (non-hydrogen) atoms. The number of fused-ring (bicyclic) bond motifs is 1. The van der Waals surface area contributed by atoms with Gasteiger partial charge < -0.3 is 9.47 Å². The van der Waals surface area contributed by atoms with Crippen LogP contribution < -0.4 is 9.47 Å². The highest BCUT2D eigenvalue weighted by Gasteiger charge is 2.11. The second kappa shape index (κ2) is 10.2. The first-order valence-electron chi connectivity index (χ1n) is 8.03. The first kappa shape index (κ1) is 19.4.